The number of ether oxygens (including phenoxy) is 1. The molecule has 0 bridgehead atoms. The quantitative estimate of drug-likeness (QED) is 0.794. The normalized spacial score (nSPS) is 17.2. The number of pyridine rings is 1. The maximum absolute atomic E-state index is 13.0. The van der Waals surface area contributed by atoms with E-state index in [2.05, 4.69) is 24.0 Å². The van der Waals surface area contributed by atoms with Crippen molar-refractivity contribution >= 4 is 16.8 Å². The first kappa shape index (κ1) is 17.9. The first-order chi connectivity index (χ1) is 12.1. The van der Waals surface area contributed by atoms with Gasteiger partial charge < -0.3 is 9.64 Å². The van der Waals surface area contributed by atoms with E-state index in [4.69, 9.17) is 4.74 Å². The van der Waals surface area contributed by atoms with Crippen molar-refractivity contribution in [1.29, 1.82) is 0 Å². The van der Waals surface area contributed by atoms with Crippen molar-refractivity contribution in [3.63, 3.8) is 0 Å². The van der Waals surface area contributed by atoms with Gasteiger partial charge in [0.05, 0.1) is 17.2 Å². The Bertz CT molecular complexity index is 751. The summed E-state index contributed by atoms with van der Waals surface area (Å²) in [7, 11) is 1.89. The first-order valence-electron chi connectivity index (χ1n) is 9.36. The summed E-state index contributed by atoms with van der Waals surface area (Å²) in [6.45, 7) is 5.72. The first-order valence-corrected chi connectivity index (χ1v) is 9.36. The highest BCUT2D eigenvalue weighted by molar-refractivity contribution is 6.06. The number of aryl methyl sites for hydroxylation is 2. The molecule has 0 unspecified atom stereocenters. The van der Waals surface area contributed by atoms with Crippen molar-refractivity contribution in [3.05, 3.63) is 41.1 Å². The fraction of sp³-hybridized carbons (Fsp3) is 0.524. The fourth-order valence-electron chi connectivity index (χ4n) is 3.54. The van der Waals surface area contributed by atoms with Crippen LogP contribution in [-0.4, -0.2) is 42.1 Å². The maximum atomic E-state index is 13.0. The minimum Gasteiger partial charge on any atom is -0.378 e. The number of carbonyl (C=O) groups is 1. The number of rotatable bonds is 6. The summed E-state index contributed by atoms with van der Waals surface area (Å²) in [5, 5.41) is 0.959. The smallest absolute Gasteiger partial charge is 0.254 e. The topological polar surface area (TPSA) is 42.4 Å². The second-order valence-electron chi connectivity index (χ2n) is 7.02. The van der Waals surface area contributed by atoms with Crippen LogP contribution in [0.1, 0.15) is 54.2 Å². The standard InChI is InChI=1S/C21H28N2O2/c1-4-16-9-10-20-18(14-16)19(13-15(2)22-20)21(24)23(3)11-5-7-17-8-6-12-25-17/h9-10,13-14,17H,4-8,11-12H2,1-3H3/t17-/m0/s1. The SMILES string of the molecule is CCc1ccc2nc(C)cc(C(=O)N(C)CCC[C@H]3CCCO3)c2c1. The van der Waals surface area contributed by atoms with Gasteiger partial charge in [-0.25, -0.2) is 0 Å². The Hall–Kier alpha value is -1.94. The second kappa shape index (κ2) is 7.96. The Morgan fingerprint density at radius 1 is 1.36 bits per heavy atom. The third kappa shape index (κ3) is 4.18. The lowest BCUT2D eigenvalue weighted by molar-refractivity contribution is 0.0764. The van der Waals surface area contributed by atoms with E-state index in [0.29, 0.717) is 6.10 Å². The third-order valence-electron chi connectivity index (χ3n) is 5.03. The fourth-order valence-corrected chi connectivity index (χ4v) is 3.54. The molecule has 2 heterocycles. The van der Waals surface area contributed by atoms with E-state index >= 15 is 0 Å². The lowest BCUT2D eigenvalue weighted by Gasteiger charge is -2.19. The van der Waals surface area contributed by atoms with E-state index in [1.807, 2.05) is 31.0 Å². The van der Waals surface area contributed by atoms with E-state index < -0.39 is 0 Å². The molecule has 0 spiro atoms. The van der Waals surface area contributed by atoms with E-state index in [9.17, 15) is 4.79 Å². The molecule has 0 aliphatic carbocycles. The number of aromatic nitrogens is 1. The Morgan fingerprint density at radius 3 is 2.92 bits per heavy atom. The largest absolute Gasteiger partial charge is 0.378 e. The number of hydrogen-bond donors (Lipinski definition) is 0. The predicted octanol–water partition coefficient (Wildman–Crippen LogP) is 4.14. The van der Waals surface area contributed by atoms with Gasteiger partial charge in [0.15, 0.2) is 0 Å². The van der Waals surface area contributed by atoms with Crippen LogP contribution in [0.3, 0.4) is 0 Å². The van der Waals surface area contributed by atoms with Gasteiger partial charge in [0, 0.05) is 31.3 Å². The summed E-state index contributed by atoms with van der Waals surface area (Å²) >= 11 is 0. The number of benzene rings is 1. The third-order valence-corrected chi connectivity index (χ3v) is 5.03. The molecule has 0 saturated carbocycles. The summed E-state index contributed by atoms with van der Waals surface area (Å²) in [6.07, 6.45) is 5.68. The maximum Gasteiger partial charge on any atom is 0.254 e. The Morgan fingerprint density at radius 2 is 2.20 bits per heavy atom. The second-order valence-corrected chi connectivity index (χ2v) is 7.02. The molecule has 0 N–H and O–H groups in total. The van der Waals surface area contributed by atoms with Gasteiger partial charge in [0.25, 0.3) is 5.91 Å². The highest BCUT2D eigenvalue weighted by Gasteiger charge is 2.18. The highest BCUT2D eigenvalue weighted by Crippen LogP contribution is 2.22. The van der Waals surface area contributed by atoms with Crippen molar-refractivity contribution in [2.75, 3.05) is 20.2 Å². The monoisotopic (exact) mass is 340 g/mol. The molecule has 4 nitrogen and oxygen atoms in total. The zero-order valence-corrected chi connectivity index (χ0v) is 15.5. The van der Waals surface area contributed by atoms with Gasteiger partial charge in [-0.15, -0.1) is 0 Å². The summed E-state index contributed by atoms with van der Waals surface area (Å²) < 4.78 is 5.67. The molecule has 2 aromatic rings. The van der Waals surface area contributed by atoms with Gasteiger partial charge in [-0.05, 0) is 62.8 Å². The van der Waals surface area contributed by atoms with Crippen LogP contribution in [0.2, 0.25) is 0 Å². The minimum absolute atomic E-state index is 0.0797. The average Bonchev–Trinajstić information content (AvgIpc) is 3.13. The Labute approximate surface area is 150 Å². The van der Waals surface area contributed by atoms with Crippen LogP contribution in [0.5, 0.6) is 0 Å². The lowest BCUT2D eigenvalue weighted by atomic mass is 10.0. The van der Waals surface area contributed by atoms with E-state index in [-0.39, 0.29) is 5.91 Å². The van der Waals surface area contributed by atoms with Crippen LogP contribution in [0, 0.1) is 6.92 Å². The summed E-state index contributed by atoms with van der Waals surface area (Å²) in [4.78, 5) is 19.4. The van der Waals surface area contributed by atoms with Gasteiger partial charge in [-0.1, -0.05) is 13.0 Å². The van der Waals surface area contributed by atoms with Crippen LogP contribution in [0.15, 0.2) is 24.3 Å². The molecule has 1 aliphatic heterocycles. The molecule has 25 heavy (non-hydrogen) atoms. The van der Waals surface area contributed by atoms with Crippen molar-refractivity contribution in [2.45, 2.75) is 52.1 Å². The van der Waals surface area contributed by atoms with Gasteiger partial charge in [0.2, 0.25) is 0 Å². The van der Waals surface area contributed by atoms with Crippen LogP contribution < -0.4 is 0 Å². The zero-order valence-electron chi connectivity index (χ0n) is 15.5. The van der Waals surface area contributed by atoms with Gasteiger partial charge in [-0.2, -0.15) is 0 Å². The van der Waals surface area contributed by atoms with Crippen molar-refractivity contribution < 1.29 is 9.53 Å². The van der Waals surface area contributed by atoms with E-state index in [1.165, 1.54) is 12.0 Å². The summed E-state index contributed by atoms with van der Waals surface area (Å²) in [6, 6.07) is 8.14. The number of fused-ring (bicyclic) bond motifs is 1. The highest BCUT2D eigenvalue weighted by atomic mass is 16.5. The molecule has 1 aromatic carbocycles. The van der Waals surface area contributed by atoms with Crippen molar-refractivity contribution in [1.82, 2.24) is 9.88 Å². The predicted molar refractivity (Wildman–Crippen MR) is 101 cm³/mol. The van der Waals surface area contributed by atoms with Gasteiger partial charge in [-0.3, -0.25) is 9.78 Å². The Balaban J connectivity index is 1.75. The molecule has 1 fully saturated rings. The van der Waals surface area contributed by atoms with Crippen LogP contribution >= 0.6 is 0 Å². The number of carbonyl (C=O) groups excluding carboxylic acids is 1. The molecular weight excluding hydrogens is 312 g/mol. The average molecular weight is 340 g/mol. The summed E-state index contributed by atoms with van der Waals surface area (Å²) in [5.74, 6) is 0.0797. The molecule has 134 valence electrons. The molecule has 1 amide bonds. The number of nitrogens with zero attached hydrogens (tertiary/aromatic N) is 2. The van der Waals surface area contributed by atoms with Gasteiger partial charge in [0.1, 0.15) is 0 Å². The zero-order chi connectivity index (χ0) is 17.8. The number of hydrogen-bond acceptors (Lipinski definition) is 3. The molecule has 1 atom stereocenters. The molecule has 0 radical (unpaired) electrons. The van der Waals surface area contributed by atoms with E-state index in [1.54, 1.807) is 0 Å². The molecule has 4 heteroatoms. The van der Waals surface area contributed by atoms with Crippen LogP contribution in [0.4, 0.5) is 0 Å². The van der Waals surface area contributed by atoms with E-state index in [0.717, 1.165) is 61.0 Å². The Kier molecular flexibility index (Phi) is 5.69. The molecule has 1 aliphatic rings. The molecular formula is C21H28N2O2. The minimum atomic E-state index is 0.0797. The molecule has 1 saturated heterocycles. The van der Waals surface area contributed by atoms with Gasteiger partial charge >= 0.3 is 0 Å². The van der Waals surface area contributed by atoms with Crippen LogP contribution in [0.25, 0.3) is 10.9 Å². The van der Waals surface area contributed by atoms with Crippen LogP contribution in [-0.2, 0) is 11.2 Å². The van der Waals surface area contributed by atoms with Crippen molar-refractivity contribution in [3.8, 4) is 0 Å². The number of amides is 1. The van der Waals surface area contributed by atoms with Crippen molar-refractivity contribution in [2.24, 2.45) is 0 Å². The summed E-state index contributed by atoms with van der Waals surface area (Å²) in [5.41, 5.74) is 3.77. The molecule has 1 aromatic heterocycles. The lowest BCUT2D eigenvalue weighted by Crippen LogP contribution is -2.28. The molecule has 3 rings (SSSR count).